The first-order valence-corrected chi connectivity index (χ1v) is 5.51. The number of nitrogens with zero attached hydrogens (tertiary/aromatic N) is 1. The number of aliphatic carboxylic acids is 1. The monoisotopic (exact) mass is 236 g/mol. The van der Waals surface area contributed by atoms with Gasteiger partial charge in [0.25, 0.3) is 0 Å². The van der Waals surface area contributed by atoms with Gasteiger partial charge in [-0.2, -0.15) is 0 Å². The van der Waals surface area contributed by atoms with Gasteiger partial charge in [-0.05, 0) is 23.6 Å². The molecule has 0 radical (unpaired) electrons. The molecule has 2 rings (SSSR count). The highest BCUT2D eigenvalue weighted by atomic mass is 16.4. The van der Waals surface area contributed by atoms with Gasteiger partial charge in [-0.15, -0.1) is 0 Å². The van der Waals surface area contributed by atoms with Gasteiger partial charge in [0.05, 0.1) is 0 Å². The lowest BCUT2D eigenvalue weighted by molar-refractivity contribution is -0.141. The van der Waals surface area contributed by atoms with E-state index in [2.05, 4.69) is 4.90 Å². The zero-order valence-corrected chi connectivity index (χ0v) is 9.63. The maximum Gasteiger partial charge on any atom is 0.323 e. The Morgan fingerprint density at radius 3 is 2.88 bits per heavy atom. The first kappa shape index (κ1) is 11.9. The standard InChI is InChI=1S/C12H16N2O3/c1-14-5-4-7-6-8(2-3-9(7)14)11(15)10(13)12(16)17/h2-3,6,10-11,15H,4-5,13H2,1H3,(H,16,17). The minimum absolute atomic E-state index is 0.564. The lowest BCUT2D eigenvalue weighted by atomic mass is 10.00. The molecule has 92 valence electrons. The van der Waals surface area contributed by atoms with Crippen molar-refractivity contribution >= 4 is 11.7 Å². The Morgan fingerprint density at radius 2 is 2.24 bits per heavy atom. The topological polar surface area (TPSA) is 86.8 Å². The largest absolute Gasteiger partial charge is 0.480 e. The smallest absolute Gasteiger partial charge is 0.323 e. The van der Waals surface area contributed by atoms with E-state index in [1.165, 1.54) is 0 Å². The summed E-state index contributed by atoms with van der Waals surface area (Å²) in [4.78, 5) is 12.8. The molecule has 1 heterocycles. The number of hydrogen-bond donors (Lipinski definition) is 3. The van der Waals surface area contributed by atoms with E-state index in [1.54, 1.807) is 6.07 Å². The van der Waals surface area contributed by atoms with Crippen LogP contribution in [0.4, 0.5) is 5.69 Å². The molecule has 1 aliphatic heterocycles. The second kappa shape index (κ2) is 4.35. The van der Waals surface area contributed by atoms with Crippen molar-refractivity contribution in [1.82, 2.24) is 0 Å². The Hall–Kier alpha value is -1.59. The molecular formula is C12H16N2O3. The summed E-state index contributed by atoms with van der Waals surface area (Å²) in [5, 5.41) is 18.6. The van der Waals surface area contributed by atoms with Gasteiger partial charge in [0.2, 0.25) is 0 Å². The van der Waals surface area contributed by atoms with E-state index in [4.69, 9.17) is 10.8 Å². The molecule has 1 aromatic carbocycles. The number of nitrogens with two attached hydrogens (primary N) is 1. The molecule has 0 fully saturated rings. The average Bonchev–Trinajstić information content (AvgIpc) is 2.68. The van der Waals surface area contributed by atoms with Crippen LogP contribution in [0, 0.1) is 0 Å². The van der Waals surface area contributed by atoms with Crippen molar-refractivity contribution in [3.05, 3.63) is 29.3 Å². The van der Waals surface area contributed by atoms with Gasteiger partial charge in [-0.1, -0.05) is 12.1 Å². The zero-order chi connectivity index (χ0) is 12.6. The zero-order valence-electron chi connectivity index (χ0n) is 9.63. The van der Waals surface area contributed by atoms with Crippen molar-refractivity contribution in [1.29, 1.82) is 0 Å². The first-order valence-electron chi connectivity index (χ1n) is 5.51. The summed E-state index contributed by atoms with van der Waals surface area (Å²) >= 11 is 0. The number of aliphatic hydroxyl groups is 1. The summed E-state index contributed by atoms with van der Waals surface area (Å²) in [6, 6.07) is 4.18. The summed E-state index contributed by atoms with van der Waals surface area (Å²) in [5.74, 6) is -1.20. The van der Waals surface area contributed by atoms with Crippen LogP contribution in [0.1, 0.15) is 17.2 Å². The van der Waals surface area contributed by atoms with Gasteiger partial charge in [0.1, 0.15) is 12.1 Å². The Balaban J connectivity index is 2.26. The van der Waals surface area contributed by atoms with Gasteiger partial charge in [-0.3, -0.25) is 4.79 Å². The van der Waals surface area contributed by atoms with Crippen LogP contribution in [0.15, 0.2) is 18.2 Å². The normalized spacial score (nSPS) is 17.7. The van der Waals surface area contributed by atoms with Crippen LogP contribution in [0.2, 0.25) is 0 Å². The van der Waals surface area contributed by atoms with E-state index in [1.807, 2.05) is 19.2 Å². The van der Waals surface area contributed by atoms with Gasteiger partial charge in [0.15, 0.2) is 0 Å². The third-order valence-electron chi connectivity index (χ3n) is 3.20. The Bertz CT molecular complexity index is 447. The fourth-order valence-corrected chi connectivity index (χ4v) is 2.11. The van der Waals surface area contributed by atoms with Crippen molar-refractivity contribution in [2.75, 3.05) is 18.5 Å². The molecule has 2 unspecified atom stereocenters. The number of aliphatic hydroxyl groups excluding tert-OH is 1. The minimum atomic E-state index is -1.29. The Kier molecular flexibility index (Phi) is 3.04. The number of fused-ring (bicyclic) bond motifs is 1. The van der Waals surface area contributed by atoms with Crippen LogP contribution in [-0.4, -0.2) is 35.8 Å². The van der Waals surface area contributed by atoms with E-state index >= 15 is 0 Å². The van der Waals surface area contributed by atoms with Crippen molar-refractivity contribution in [3.8, 4) is 0 Å². The quantitative estimate of drug-likeness (QED) is 0.694. The summed E-state index contributed by atoms with van der Waals surface area (Å²) in [6.07, 6.45) is -0.252. The lowest BCUT2D eigenvalue weighted by Gasteiger charge is -2.17. The van der Waals surface area contributed by atoms with E-state index in [9.17, 15) is 9.90 Å². The Labute approximate surface area is 99.5 Å². The highest BCUT2D eigenvalue weighted by Gasteiger charge is 2.25. The van der Waals surface area contributed by atoms with E-state index < -0.39 is 18.1 Å². The Morgan fingerprint density at radius 1 is 1.53 bits per heavy atom. The predicted octanol–water partition coefficient (Wildman–Crippen LogP) is 0.124. The molecule has 1 aromatic rings. The molecular weight excluding hydrogens is 220 g/mol. The molecule has 5 nitrogen and oxygen atoms in total. The van der Waals surface area contributed by atoms with Gasteiger partial charge in [-0.25, -0.2) is 0 Å². The van der Waals surface area contributed by atoms with Crippen molar-refractivity contribution in [2.24, 2.45) is 5.73 Å². The van der Waals surface area contributed by atoms with Crippen molar-refractivity contribution in [3.63, 3.8) is 0 Å². The van der Waals surface area contributed by atoms with E-state index in [0.29, 0.717) is 5.56 Å². The second-order valence-electron chi connectivity index (χ2n) is 4.37. The van der Waals surface area contributed by atoms with Crippen LogP contribution < -0.4 is 10.6 Å². The molecule has 0 bridgehead atoms. The van der Waals surface area contributed by atoms with E-state index in [0.717, 1.165) is 24.2 Å². The first-order chi connectivity index (χ1) is 8.00. The molecule has 0 spiro atoms. The predicted molar refractivity (Wildman–Crippen MR) is 64.0 cm³/mol. The van der Waals surface area contributed by atoms with E-state index in [-0.39, 0.29) is 0 Å². The number of carboxylic acids is 1. The maximum absolute atomic E-state index is 10.7. The fourth-order valence-electron chi connectivity index (χ4n) is 2.11. The number of likely N-dealkylation sites (N-methyl/N-ethyl adjacent to an activating group) is 1. The molecule has 0 saturated heterocycles. The summed E-state index contributed by atoms with van der Waals surface area (Å²) in [6.45, 7) is 0.944. The van der Waals surface area contributed by atoms with Gasteiger partial charge < -0.3 is 20.8 Å². The van der Waals surface area contributed by atoms with Crippen molar-refractivity contribution < 1.29 is 15.0 Å². The molecule has 4 N–H and O–H groups in total. The number of benzene rings is 1. The number of hydrogen-bond acceptors (Lipinski definition) is 4. The lowest BCUT2D eigenvalue weighted by Crippen LogP contribution is -2.36. The van der Waals surface area contributed by atoms with Crippen LogP contribution >= 0.6 is 0 Å². The molecule has 1 aliphatic rings. The fraction of sp³-hybridized carbons (Fsp3) is 0.417. The highest BCUT2D eigenvalue weighted by molar-refractivity contribution is 5.74. The molecule has 0 amide bonds. The third kappa shape index (κ3) is 2.11. The second-order valence-corrected chi connectivity index (χ2v) is 4.37. The minimum Gasteiger partial charge on any atom is -0.480 e. The number of carbonyl (C=O) groups is 1. The molecule has 5 heteroatoms. The summed E-state index contributed by atoms with van der Waals surface area (Å²) in [5.41, 5.74) is 8.22. The van der Waals surface area contributed by atoms with Crippen LogP contribution in [0.3, 0.4) is 0 Å². The molecule has 0 aliphatic carbocycles. The highest BCUT2D eigenvalue weighted by Crippen LogP contribution is 2.29. The molecule has 17 heavy (non-hydrogen) atoms. The number of carboxylic acid groups (broad SMARTS) is 1. The van der Waals surface area contributed by atoms with Gasteiger partial charge in [0, 0.05) is 19.3 Å². The van der Waals surface area contributed by atoms with Crippen LogP contribution in [-0.2, 0) is 11.2 Å². The van der Waals surface area contributed by atoms with Crippen molar-refractivity contribution in [2.45, 2.75) is 18.6 Å². The summed E-state index contributed by atoms with van der Waals surface area (Å²) < 4.78 is 0. The maximum atomic E-state index is 10.7. The average molecular weight is 236 g/mol. The third-order valence-corrected chi connectivity index (χ3v) is 3.20. The summed E-state index contributed by atoms with van der Waals surface area (Å²) in [7, 11) is 2.00. The molecule has 0 aromatic heterocycles. The molecule has 0 saturated carbocycles. The molecule has 2 atom stereocenters. The van der Waals surface area contributed by atoms with Crippen LogP contribution in [0.5, 0.6) is 0 Å². The van der Waals surface area contributed by atoms with Crippen LogP contribution in [0.25, 0.3) is 0 Å². The number of anilines is 1. The SMILES string of the molecule is CN1CCc2cc(C(O)C(N)C(=O)O)ccc21. The van der Waals surface area contributed by atoms with Gasteiger partial charge >= 0.3 is 5.97 Å². The number of rotatable bonds is 3.